The summed E-state index contributed by atoms with van der Waals surface area (Å²) in [6.07, 6.45) is 1.21. The standard InChI is InChI=1S/C15H24N2/c1-12-5-7-14(8-6-12)17-10-9-13(2)16-11-15(17,3)4/h5-8,13,16H,9-11H2,1-4H3. The molecule has 1 aliphatic heterocycles. The van der Waals surface area contributed by atoms with Crippen LogP contribution in [0.1, 0.15) is 32.8 Å². The summed E-state index contributed by atoms with van der Waals surface area (Å²) in [6, 6.07) is 9.50. The molecule has 0 amide bonds. The van der Waals surface area contributed by atoms with Crippen LogP contribution in [0.25, 0.3) is 0 Å². The average molecular weight is 232 g/mol. The first kappa shape index (κ1) is 12.4. The van der Waals surface area contributed by atoms with E-state index in [1.165, 1.54) is 17.7 Å². The average Bonchev–Trinajstić information content (AvgIpc) is 2.41. The molecular formula is C15H24N2. The van der Waals surface area contributed by atoms with Crippen LogP contribution >= 0.6 is 0 Å². The molecule has 1 aromatic rings. The summed E-state index contributed by atoms with van der Waals surface area (Å²) in [7, 11) is 0. The number of anilines is 1. The summed E-state index contributed by atoms with van der Waals surface area (Å²) in [4.78, 5) is 2.53. The van der Waals surface area contributed by atoms with Crippen LogP contribution in [0.15, 0.2) is 24.3 Å². The first-order valence-electron chi connectivity index (χ1n) is 6.57. The zero-order valence-corrected chi connectivity index (χ0v) is 11.5. The second kappa shape index (κ2) is 4.69. The Bertz CT molecular complexity index is 367. The summed E-state index contributed by atoms with van der Waals surface area (Å²) >= 11 is 0. The lowest BCUT2D eigenvalue weighted by molar-refractivity contribution is 0.447. The quantitative estimate of drug-likeness (QED) is 0.801. The van der Waals surface area contributed by atoms with E-state index in [0.717, 1.165) is 13.1 Å². The molecule has 1 fully saturated rings. The van der Waals surface area contributed by atoms with Gasteiger partial charge in [-0.05, 0) is 46.2 Å². The third-order valence-corrected chi connectivity index (χ3v) is 3.75. The maximum Gasteiger partial charge on any atom is 0.0470 e. The van der Waals surface area contributed by atoms with Gasteiger partial charge in [0, 0.05) is 30.4 Å². The van der Waals surface area contributed by atoms with Crippen molar-refractivity contribution in [3.8, 4) is 0 Å². The lowest BCUT2D eigenvalue weighted by atomic mass is 10.0. The van der Waals surface area contributed by atoms with Gasteiger partial charge in [-0.25, -0.2) is 0 Å². The van der Waals surface area contributed by atoms with E-state index in [1.807, 2.05) is 0 Å². The van der Waals surface area contributed by atoms with Gasteiger partial charge in [-0.15, -0.1) is 0 Å². The Labute approximate surface area is 105 Å². The highest BCUT2D eigenvalue weighted by atomic mass is 15.2. The van der Waals surface area contributed by atoms with Gasteiger partial charge < -0.3 is 10.2 Å². The van der Waals surface area contributed by atoms with Gasteiger partial charge in [0.1, 0.15) is 0 Å². The van der Waals surface area contributed by atoms with E-state index in [2.05, 4.69) is 62.2 Å². The van der Waals surface area contributed by atoms with Crippen molar-refractivity contribution in [2.24, 2.45) is 0 Å². The molecule has 1 saturated heterocycles. The van der Waals surface area contributed by atoms with Crippen LogP contribution in [-0.4, -0.2) is 24.7 Å². The third-order valence-electron chi connectivity index (χ3n) is 3.75. The first-order valence-corrected chi connectivity index (χ1v) is 6.57. The normalized spacial score (nSPS) is 24.5. The molecule has 2 rings (SSSR count). The minimum atomic E-state index is 0.181. The molecule has 1 heterocycles. The van der Waals surface area contributed by atoms with Crippen LogP contribution in [0.5, 0.6) is 0 Å². The minimum Gasteiger partial charge on any atom is -0.365 e. The number of hydrogen-bond donors (Lipinski definition) is 1. The van der Waals surface area contributed by atoms with E-state index in [0.29, 0.717) is 6.04 Å². The lowest BCUT2D eigenvalue weighted by Gasteiger charge is -2.39. The number of benzene rings is 1. The van der Waals surface area contributed by atoms with Gasteiger partial charge >= 0.3 is 0 Å². The van der Waals surface area contributed by atoms with Gasteiger partial charge in [0.2, 0.25) is 0 Å². The van der Waals surface area contributed by atoms with Crippen molar-refractivity contribution in [3.05, 3.63) is 29.8 Å². The van der Waals surface area contributed by atoms with E-state index < -0.39 is 0 Å². The highest BCUT2D eigenvalue weighted by Gasteiger charge is 2.29. The van der Waals surface area contributed by atoms with E-state index >= 15 is 0 Å². The molecule has 0 spiro atoms. The molecule has 94 valence electrons. The molecule has 0 radical (unpaired) electrons. The molecule has 2 heteroatoms. The van der Waals surface area contributed by atoms with Crippen LogP contribution in [0.2, 0.25) is 0 Å². The van der Waals surface area contributed by atoms with E-state index in [1.54, 1.807) is 0 Å². The zero-order chi connectivity index (χ0) is 12.5. The van der Waals surface area contributed by atoms with Crippen molar-refractivity contribution in [1.82, 2.24) is 5.32 Å². The molecule has 1 N–H and O–H groups in total. The number of rotatable bonds is 1. The molecule has 0 aliphatic carbocycles. The van der Waals surface area contributed by atoms with Gasteiger partial charge in [0.25, 0.3) is 0 Å². The van der Waals surface area contributed by atoms with Crippen molar-refractivity contribution >= 4 is 5.69 Å². The monoisotopic (exact) mass is 232 g/mol. The summed E-state index contributed by atoms with van der Waals surface area (Å²) in [5.41, 5.74) is 2.85. The zero-order valence-electron chi connectivity index (χ0n) is 11.5. The molecule has 0 bridgehead atoms. The van der Waals surface area contributed by atoms with Crippen molar-refractivity contribution < 1.29 is 0 Å². The fraction of sp³-hybridized carbons (Fsp3) is 0.600. The van der Waals surface area contributed by atoms with Crippen molar-refractivity contribution in [3.63, 3.8) is 0 Å². The fourth-order valence-corrected chi connectivity index (χ4v) is 2.45. The number of hydrogen-bond acceptors (Lipinski definition) is 2. The molecule has 0 aromatic heterocycles. The Morgan fingerprint density at radius 2 is 1.88 bits per heavy atom. The van der Waals surface area contributed by atoms with Gasteiger partial charge in [0.05, 0.1) is 0 Å². The molecule has 2 nitrogen and oxygen atoms in total. The SMILES string of the molecule is Cc1ccc(N2CCC(C)NCC2(C)C)cc1. The minimum absolute atomic E-state index is 0.181. The smallest absolute Gasteiger partial charge is 0.0470 e. The Morgan fingerprint density at radius 1 is 1.24 bits per heavy atom. The summed E-state index contributed by atoms with van der Waals surface area (Å²) in [5, 5.41) is 3.60. The summed E-state index contributed by atoms with van der Waals surface area (Å²) in [6.45, 7) is 11.2. The first-order chi connectivity index (χ1) is 7.99. The number of nitrogens with one attached hydrogen (secondary N) is 1. The highest BCUT2D eigenvalue weighted by Crippen LogP contribution is 2.26. The molecule has 1 aliphatic rings. The molecular weight excluding hydrogens is 208 g/mol. The lowest BCUT2D eigenvalue weighted by Crippen LogP contribution is -2.49. The second-order valence-electron chi connectivity index (χ2n) is 5.87. The predicted molar refractivity (Wildman–Crippen MR) is 74.7 cm³/mol. The maximum atomic E-state index is 3.60. The van der Waals surface area contributed by atoms with E-state index in [9.17, 15) is 0 Å². The Morgan fingerprint density at radius 3 is 2.53 bits per heavy atom. The summed E-state index contributed by atoms with van der Waals surface area (Å²) < 4.78 is 0. The predicted octanol–water partition coefficient (Wildman–Crippen LogP) is 2.96. The second-order valence-corrected chi connectivity index (χ2v) is 5.87. The van der Waals surface area contributed by atoms with Gasteiger partial charge in [-0.3, -0.25) is 0 Å². The Balaban J connectivity index is 2.25. The molecule has 1 aromatic carbocycles. The van der Waals surface area contributed by atoms with Crippen molar-refractivity contribution in [2.75, 3.05) is 18.0 Å². The molecule has 1 unspecified atom stereocenters. The molecule has 0 saturated carbocycles. The van der Waals surface area contributed by atoms with E-state index in [-0.39, 0.29) is 5.54 Å². The van der Waals surface area contributed by atoms with E-state index in [4.69, 9.17) is 0 Å². The highest BCUT2D eigenvalue weighted by molar-refractivity contribution is 5.50. The van der Waals surface area contributed by atoms with Gasteiger partial charge in [0.15, 0.2) is 0 Å². The largest absolute Gasteiger partial charge is 0.365 e. The Kier molecular flexibility index (Phi) is 3.43. The van der Waals surface area contributed by atoms with Crippen LogP contribution < -0.4 is 10.2 Å². The maximum absolute atomic E-state index is 3.60. The van der Waals surface area contributed by atoms with Crippen LogP contribution in [-0.2, 0) is 0 Å². The fourth-order valence-electron chi connectivity index (χ4n) is 2.45. The Hall–Kier alpha value is -1.02. The summed E-state index contributed by atoms with van der Waals surface area (Å²) in [5.74, 6) is 0. The van der Waals surface area contributed by atoms with Gasteiger partial charge in [-0.1, -0.05) is 17.7 Å². The van der Waals surface area contributed by atoms with Crippen molar-refractivity contribution in [1.29, 1.82) is 0 Å². The number of aryl methyl sites for hydroxylation is 1. The topological polar surface area (TPSA) is 15.3 Å². The van der Waals surface area contributed by atoms with Crippen LogP contribution in [0.4, 0.5) is 5.69 Å². The van der Waals surface area contributed by atoms with Gasteiger partial charge in [-0.2, -0.15) is 0 Å². The van der Waals surface area contributed by atoms with Crippen LogP contribution in [0, 0.1) is 6.92 Å². The molecule has 1 atom stereocenters. The third kappa shape index (κ3) is 2.81. The molecule has 17 heavy (non-hydrogen) atoms. The number of nitrogens with zero attached hydrogens (tertiary/aromatic N) is 1. The van der Waals surface area contributed by atoms with Crippen molar-refractivity contribution in [2.45, 2.75) is 45.7 Å². The van der Waals surface area contributed by atoms with Crippen LogP contribution in [0.3, 0.4) is 0 Å².